The molecule has 1 aliphatic rings. The second-order valence-corrected chi connectivity index (χ2v) is 5.70. The lowest BCUT2D eigenvalue weighted by atomic mass is 9.95. The first-order valence-electron chi connectivity index (χ1n) is 7.03. The molecule has 1 saturated heterocycles. The number of anilines is 1. The van der Waals surface area contributed by atoms with Gasteiger partial charge in [-0.1, -0.05) is 0 Å². The summed E-state index contributed by atoms with van der Waals surface area (Å²) in [5.41, 5.74) is 2.12. The van der Waals surface area contributed by atoms with Gasteiger partial charge in [0.05, 0.1) is 11.3 Å². The van der Waals surface area contributed by atoms with Crippen molar-refractivity contribution in [2.75, 3.05) is 38.6 Å². The van der Waals surface area contributed by atoms with Crippen LogP contribution in [0.25, 0.3) is 0 Å². The maximum Gasteiger partial charge on any atom is 0.150 e. The van der Waals surface area contributed by atoms with Gasteiger partial charge in [-0.2, -0.15) is 5.26 Å². The first-order valence-corrected chi connectivity index (χ1v) is 7.03. The van der Waals surface area contributed by atoms with Crippen molar-refractivity contribution in [1.29, 1.82) is 5.26 Å². The summed E-state index contributed by atoms with van der Waals surface area (Å²) in [5, 5.41) is 9.24. The maximum atomic E-state index is 10.8. The minimum atomic E-state index is 0.563. The summed E-state index contributed by atoms with van der Waals surface area (Å²) in [4.78, 5) is 15.3. The minimum absolute atomic E-state index is 0.563. The second kappa shape index (κ2) is 6.53. The average Bonchev–Trinajstić information content (AvgIpc) is 2.47. The van der Waals surface area contributed by atoms with Crippen LogP contribution < -0.4 is 4.90 Å². The smallest absolute Gasteiger partial charge is 0.150 e. The molecule has 0 unspecified atom stereocenters. The number of carbonyl (C=O) groups excluding carboxylic acids is 1. The highest BCUT2D eigenvalue weighted by molar-refractivity contribution is 5.78. The van der Waals surface area contributed by atoms with E-state index in [0.29, 0.717) is 11.1 Å². The van der Waals surface area contributed by atoms with Crippen LogP contribution in [-0.4, -0.2) is 44.9 Å². The maximum absolute atomic E-state index is 10.8. The number of nitrogens with zero attached hydrogens (tertiary/aromatic N) is 3. The Kier molecular flexibility index (Phi) is 4.75. The van der Waals surface area contributed by atoms with E-state index in [1.54, 1.807) is 12.1 Å². The van der Waals surface area contributed by atoms with Gasteiger partial charge in [0.2, 0.25) is 0 Å². The van der Waals surface area contributed by atoms with Crippen LogP contribution in [0.15, 0.2) is 18.2 Å². The zero-order valence-corrected chi connectivity index (χ0v) is 12.2. The molecule has 1 aliphatic heterocycles. The highest BCUT2D eigenvalue weighted by Gasteiger charge is 2.21. The molecule has 0 amide bonds. The summed E-state index contributed by atoms with van der Waals surface area (Å²) in [7, 11) is 4.22. The van der Waals surface area contributed by atoms with Gasteiger partial charge >= 0.3 is 0 Å². The molecule has 1 fully saturated rings. The number of aldehydes is 1. The Morgan fingerprint density at radius 2 is 2.10 bits per heavy atom. The molecule has 1 heterocycles. The summed E-state index contributed by atoms with van der Waals surface area (Å²) in [6.07, 6.45) is 3.09. The highest BCUT2D eigenvalue weighted by atomic mass is 16.1. The zero-order chi connectivity index (χ0) is 14.5. The topological polar surface area (TPSA) is 47.3 Å². The Morgan fingerprint density at radius 1 is 1.40 bits per heavy atom. The molecule has 4 nitrogen and oxygen atoms in total. The molecule has 4 heteroatoms. The van der Waals surface area contributed by atoms with E-state index in [0.717, 1.165) is 50.4 Å². The quantitative estimate of drug-likeness (QED) is 0.787. The summed E-state index contributed by atoms with van der Waals surface area (Å²) in [6, 6.07) is 7.56. The van der Waals surface area contributed by atoms with Crippen molar-refractivity contribution in [3.8, 4) is 6.07 Å². The third-order valence-electron chi connectivity index (χ3n) is 3.86. The van der Waals surface area contributed by atoms with Crippen LogP contribution in [-0.2, 0) is 0 Å². The molecule has 20 heavy (non-hydrogen) atoms. The Bertz CT molecular complexity index is 511. The number of piperidine rings is 1. The number of hydrogen-bond donors (Lipinski definition) is 0. The van der Waals surface area contributed by atoms with E-state index in [1.807, 2.05) is 6.07 Å². The molecule has 0 bridgehead atoms. The number of benzene rings is 1. The molecule has 0 spiro atoms. The van der Waals surface area contributed by atoms with Crippen LogP contribution in [0.1, 0.15) is 28.8 Å². The van der Waals surface area contributed by atoms with Gasteiger partial charge in [-0.05, 0) is 51.1 Å². The molecule has 0 saturated carbocycles. The molecule has 0 aromatic heterocycles. The SMILES string of the molecule is CN(C)CC1CCN(c2ccc(C=O)cc2C#N)CC1. The van der Waals surface area contributed by atoms with Crippen molar-refractivity contribution >= 4 is 12.0 Å². The van der Waals surface area contributed by atoms with Gasteiger partial charge in [0.15, 0.2) is 0 Å². The number of carbonyl (C=O) groups is 1. The normalized spacial score (nSPS) is 16.2. The number of hydrogen-bond acceptors (Lipinski definition) is 4. The van der Waals surface area contributed by atoms with Gasteiger partial charge in [0.25, 0.3) is 0 Å². The molecule has 0 radical (unpaired) electrons. The summed E-state index contributed by atoms with van der Waals surface area (Å²) >= 11 is 0. The van der Waals surface area contributed by atoms with E-state index in [4.69, 9.17) is 0 Å². The summed E-state index contributed by atoms with van der Waals surface area (Å²) < 4.78 is 0. The fourth-order valence-corrected chi connectivity index (χ4v) is 2.87. The van der Waals surface area contributed by atoms with Gasteiger partial charge in [-0.15, -0.1) is 0 Å². The van der Waals surface area contributed by atoms with Crippen molar-refractivity contribution in [3.63, 3.8) is 0 Å². The van der Waals surface area contributed by atoms with E-state index in [1.165, 1.54) is 0 Å². The largest absolute Gasteiger partial charge is 0.370 e. The molecular weight excluding hydrogens is 250 g/mol. The highest BCUT2D eigenvalue weighted by Crippen LogP contribution is 2.26. The lowest BCUT2D eigenvalue weighted by Gasteiger charge is -2.35. The van der Waals surface area contributed by atoms with Crippen LogP contribution in [0, 0.1) is 17.2 Å². The van der Waals surface area contributed by atoms with E-state index in [9.17, 15) is 10.1 Å². The molecule has 106 valence electrons. The van der Waals surface area contributed by atoms with Crippen molar-refractivity contribution in [2.45, 2.75) is 12.8 Å². The Balaban J connectivity index is 2.07. The lowest BCUT2D eigenvalue weighted by molar-refractivity contribution is 0.112. The second-order valence-electron chi connectivity index (χ2n) is 5.70. The first kappa shape index (κ1) is 14.5. The van der Waals surface area contributed by atoms with Crippen molar-refractivity contribution in [1.82, 2.24) is 4.90 Å². The van der Waals surface area contributed by atoms with Crippen molar-refractivity contribution in [3.05, 3.63) is 29.3 Å². The van der Waals surface area contributed by atoms with Crippen molar-refractivity contribution < 1.29 is 4.79 Å². The Labute approximate surface area is 120 Å². The van der Waals surface area contributed by atoms with Gasteiger partial charge < -0.3 is 9.80 Å². The minimum Gasteiger partial charge on any atom is -0.370 e. The third-order valence-corrected chi connectivity index (χ3v) is 3.86. The number of nitriles is 1. The molecule has 0 atom stereocenters. The van der Waals surface area contributed by atoms with Crippen molar-refractivity contribution in [2.24, 2.45) is 5.92 Å². The van der Waals surface area contributed by atoms with Crippen LogP contribution >= 0.6 is 0 Å². The van der Waals surface area contributed by atoms with E-state index < -0.39 is 0 Å². The van der Waals surface area contributed by atoms with Gasteiger partial charge in [-0.25, -0.2) is 0 Å². The van der Waals surface area contributed by atoms with E-state index >= 15 is 0 Å². The average molecular weight is 271 g/mol. The van der Waals surface area contributed by atoms with E-state index in [-0.39, 0.29) is 0 Å². The standard InChI is InChI=1S/C16H21N3O/c1-18(2)11-13-5-7-19(8-6-13)16-4-3-14(12-20)9-15(16)10-17/h3-4,9,12-13H,5-8,11H2,1-2H3. The summed E-state index contributed by atoms with van der Waals surface area (Å²) in [5.74, 6) is 0.737. The van der Waals surface area contributed by atoms with Gasteiger partial charge in [-0.3, -0.25) is 4.79 Å². The van der Waals surface area contributed by atoms with Crippen LogP contribution in [0.4, 0.5) is 5.69 Å². The molecule has 0 N–H and O–H groups in total. The zero-order valence-electron chi connectivity index (χ0n) is 12.2. The van der Waals surface area contributed by atoms with Crippen LogP contribution in [0.5, 0.6) is 0 Å². The first-order chi connectivity index (χ1) is 9.63. The molecule has 1 aromatic carbocycles. The predicted octanol–water partition coefficient (Wildman–Crippen LogP) is 2.15. The predicted molar refractivity (Wildman–Crippen MR) is 80.0 cm³/mol. The lowest BCUT2D eigenvalue weighted by Crippen LogP contribution is -2.37. The fraction of sp³-hybridized carbons (Fsp3) is 0.500. The van der Waals surface area contributed by atoms with Gasteiger partial charge in [0.1, 0.15) is 12.4 Å². The molecule has 1 aromatic rings. The monoisotopic (exact) mass is 271 g/mol. The van der Waals surface area contributed by atoms with E-state index in [2.05, 4.69) is 30.0 Å². The Hall–Kier alpha value is -1.86. The summed E-state index contributed by atoms with van der Waals surface area (Å²) in [6.45, 7) is 3.09. The molecule has 2 rings (SSSR count). The Morgan fingerprint density at radius 3 is 2.65 bits per heavy atom. The third kappa shape index (κ3) is 3.37. The van der Waals surface area contributed by atoms with Crippen LogP contribution in [0.3, 0.4) is 0 Å². The van der Waals surface area contributed by atoms with Gasteiger partial charge in [0, 0.05) is 25.2 Å². The fourth-order valence-electron chi connectivity index (χ4n) is 2.87. The van der Waals surface area contributed by atoms with Crippen LogP contribution in [0.2, 0.25) is 0 Å². The molecular formula is C16H21N3O. The molecule has 0 aliphatic carbocycles. The number of rotatable bonds is 4.